The molecule has 0 aliphatic rings. The van der Waals surface area contributed by atoms with Crippen LogP contribution in [-0.2, 0) is 11.3 Å². The molecule has 1 aromatic carbocycles. The maximum atomic E-state index is 10.8. The van der Waals surface area contributed by atoms with Crippen LogP contribution in [0.4, 0.5) is 0 Å². The molecule has 0 fully saturated rings. The molecule has 1 rings (SSSR count). The predicted octanol–water partition coefficient (Wildman–Crippen LogP) is 0.364. The SMILES string of the molecule is COc1ccc(CNC(C)C(N)=O)c(O)c1. The minimum Gasteiger partial charge on any atom is -0.507 e. The number of primary amides is 1. The highest BCUT2D eigenvalue weighted by atomic mass is 16.5. The second-order valence-electron chi connectivity index (χ2n) is 3.50. The largest absolute Gasteiger partial charge is 0.507 e. The van der Waals surface area contributed by atoms with Crippen LogP contribution in [0.25, 0.3) is 0 Å². The number of benzene rings is 1. The third kappa shape index (κ3) is 3.13. The van der Waals surface area contributed by atoms with Gasteiger partial charge in [0.15, 0.2) is 0 Å². The lowest BCUT2D eigenvalue weighted by atomic mass is 10.2. The van der Waals surface area contributed by atoms with Crippen molar-refractivity contribution in [3.05, 3.63) is 23.8 Å². The topological polar surface area (TPSA) is 84.6 Å². The van der Waals surface area contributed by atoms with Crippen molar-refractivity contribution in [1.82, 2.24) is 5.32 Å². The van der Waals surface area contributed by atoms with Crippen molar-refractivity contribution < 1.29 is 14.6 Å². The van der Waals surface area contributed by atoms with E-state index in [2.05, 4.69) is 5.32 Å². The molecule has 0 aliphatic carbocycles. The van der Waals surface area contributed by atoms with Gasteiger partial charge in [-0.05, 0) is 13.0 Å². The lowest BCUT2D eigenvalue weighted by Crippen LogP contribution is -2.38. The number of rotatable bonds is 5. The number of ether oxygens (including phenoxy) is 1. The Bertz CT molecular complexity index is 379. The Labute approximate surface area is 94.2 Å². The number of hydrogen-bond donors (Lipinski definition) is 3. The zero-order valence-electron chi connectivity index (χ0n) is 9.36. The highest BCUT2D eigenvalue weighted by Gasteiger charge is 2.09. The molecule has 5 heteroatoms. The molecular formula is C11H16N2O3. The minimum absolute atomic E-state index is 0.128. The molecule has 1 amide bonds. The van der Waals surface area contributed by atoms with Gasteiger partial charge in [-0.25, -0.2) is 0 Å². The van der Waals surface area contributed by atoms with Gasteiger partial charge in [0.2, 0.25) is 5.91 Å². The number of amides is 1. The molecule has 0 aromatic heterocycles. The molecule has 0 aliphatic heterocycles. The lowest BCUT2D eigenvalue weighted by molar-refractivity contribution is -0.119. The number of hydrogen-bond acceptors (Lipinski definition) is 4. The van der Waals surface area contributed by atoms with Gasteiger partial charge in [0.25, 0.3) is 0 Å². The summed E-state index contributed by atoms with van der Waals surface area (Å²) < 4.78 is 4.96. The zero-order valence-corrected chi connectivity index (χ0v) is 9.36. The van der Waals surface area contributed by atoms with E-state index < -0.39 is 11.9 Å². The molecule has 0 bridgehead atoms. The minimum atomic E-state index is -0.429. The van der Waals surface area contributed by atoms with Gasteiger partial charge in [0.05, 0.1) is 13.2 Å². The summed E-state index contributed by atoms with van der Waals surface area (Å²) in [4.78, 5) is 10.8. The second-order valence-corrected chi connectivity index (χ2v) is 3.50. The third-order valence-corrected chi connectivity index (χ3v) is 2.32. The van der Waals surface area contributed by atoms with E-state index in [0.29, 0.717) is 17.9 Å². The molecule has 0 heterocycles. The van der Waals surface area contributed by atoms with Crippen molar-refractivity contribution in [1.29, 1.82) is 0 Å². The molecule has 0 radical (unpaired) electrons. The molecule has 4 N–H and O–H groups in total. The van der Waals surface area contributed by atoms with Gasteiger partial charge in [0, 0.05) is 18.2 Å². The molecule has 88 valence electrons. The molecule has 0 saturated heterocycles. The molecule has 1 atom stereocenters. The molecule has 16 heavy (non-hydrogen) atoms. The fraction of sp³-hybridized carbons (Fsp3) is 0.364. The van der Waals surface area contributed by atoms with Crippen LogP contribution >= 0.6 is 0 Å². The molecule has 0 spiro atoms. The van der Waals surface area contributed by atoms with Crippen LogP contribution in [0.15, 0.2) is 18.2 Å². The first-order valence-electron chi connectivity index (χ1n) is 4.93. The maximum absolute atomic E-state index is 10.8. The summed E-state index contributed by atoms with van der Waals surface area (Å²) in [5, 5.41) is 12.5. The number of nitrogens with one attached hydrogen (secondary N) is 1. The van der Waals surface area contributed by atoms with Gasteiger partial charge in [-0.2, -0.15) is 0 Å². The van der Waals surface area contributed by atoms with Gasteiger partial charge in [0.1, 0.15) is 11.5 Å². The Morgan fingerprint density at radius 1 is 1.62 bits per heavy atom. The van der Waals surface area contributed by atoms with E-state index in [4.69, 9.17) is 10.5 Å². The first-order chi connectivity index (χ1) is 7.54. The molecule has 5 nitrogen and oxygen atoms in total. The van der Waals surface area contributed by atoms with E-state index >= 15 is 0 Å². The van der Waals surface area contributed by atoms with Gasteiger partial charge < -0.3 is 20.9 Å². The summed E-state index contributed by atoms with van der Waals surface area (Å²) in [6.07, 6.45) is 0. The van der Waals surface area contributed by atoms with Crippen molar-refractivity contribution >= 4 is 5.91 Å². The summed E-state index contributed by atoms with van der Waals surface area (Å²) in [5.41, 5.74) is 5.79. The number of nitrogens with two attached hydrogens (primary N) is 1. The van der Waals surface area contributed by atoms with Crippen LogP contribution in [0.1, 0.15) is 12.5 Å². The van der Waals surface area contributed by atoms with Gasteiger partial charge in [-0.3, -0.25) is 4.79 Å². The number of phenolic OH excluding ortho intramolecular Hbond substituents is 1. The summed E-state index contributed by atoms with van der Waals surface area (Å²) in [6.45, 7) is 2.04. The Hall–Kier alpha value is -1.75. The Kier molecular flexibility index (Phi) is 4.13. The van der Waals surface area contributed by atoms with Crippen LogP contribution in [0.2, 0.25) is 0 Å². The Morgan fingerprint density at radius 2 is 2.31 bits per heavy atom. The fourth-order valence-electron chi connectivity index (χ4n) is 1.18. The number of carbonyl (C=O) groups excluding carboxylic acids is 1. The summed E-state index contributed by atoms with van der Waals surface area (Å²) >= 11 is 0. The van der Waals surface area contributed by atoms with Crippen molar-refractivity contribution in [2.45, 2.75) is 19.5 Å². The van der Waals surface area contributed by atoms with Crippen LogP contribution in [-0.4, -0.2) is 24.2 Å². The van der Waals surface area contributed by atoms with Crippen molar-refractivity contribution in [2.24, 2.45) is 5.73 Å². The number of phenols is 1. The van der Waals surface area contributed by atoms with Crippen LogP contribution in [0.5, 0.6) is 11.5 Å². The van der Waals surface area contributed by atoms with E-state index in [9.17, 15) is 9.90 Å². The van der Waals surface area contributed by atoms with E-state index in [1.165, 1.54) is 13.2 Å². The Morgan fingerprint density at radius 3 is 2.81 bits per heavy atom. The normalized spacial score (nSPS) is 12.1. The monoisotopic (exact) mass is 224 g/mol. The third-order valence-electron chi connectivity index (χ3n) is 2.32. The smallest absolute Gasteiger partial charge is 0.234 e. The number of carbonyl (C=O) groups is 1. The van der Waals surface area contributed by atoms with E-state index in [-0.39, 0.29) is 5.75 Å². The summed E-state index contributed by atoms with van der Waals surface area (Å²) in [7, 11) is 1.53. The first-order valence-corrected chi connectivity index (χ1v) is 4.93. The van der Waals surface area contributed by atoms with Crippen LogP contribution < -0.4 is 15.8 Å². The Balaban J connectivity index is 2.64. The highest BCUT2D eigenvalue weighted by molar-refractivity contribution is 5.79. The molecule has 1 unspecified atom stereocenters. The van der Waals surface area contributed by atoms with Gasteiger partial charge in [-0.15, -0.1) is 0 Å². The molecular weight excluding hydrogens is 208 g/mol. The fourth-order valence-corrected chi connectivity index (χ4v) is 1.18. The second kappa shape index (κ2) is 5.37. The molecule has 0 saturated carbocycles. The number of aromatic hydroxyl groups is 1. The number of methoxy groups -OCH3 is 1. The van der Waals surface area contributed by atoms with Gasteiger partial charge in [-0.1, -0.05) is 6.07 Å². The van der Waals surface area contributed by atoms with Gasteiger partial charge >= 0.3 is 0 Å². The summed E-state index contributed by atoms with van der Waals surface area (Å²) in [6, 6.07) is 4.56. The van der Waals surface area contributed by atoms with E-state index in [1.807, 2.05) is 0 Å². The van der Waals surface area contributed by atoms with E-state index in [0.717, 1.165) is 0 Å². The zero-order chi connectivity index (χ0) is 12.1. The molecule has 1 aromatic rings. The van der Waals surface area contributed by atoms with Crippen molar-refractivity contribution in [3.63, 3.8) is 0 Å². The first kappa shape index (κ1) is 12.3. The standard InChI is InChI=1S/C11H16N2O3/c1-7(11(12)15)13-6-8-3-4-9(16-2)5-10(8)14/h3-5,7,13-14H,6H2,1-2H3,(H2,12,15). The van der Waals surface area contributed by atoms with E-state index in [1.54, 1.807) is 19.1 Å². The average Bonchev–Trinajstić information content (AvgIpc) is 2.26. The van der Waals surface area contributed by atoms with Crippen molar-refractivity contribution in [3.8, 4) is 11.5 Å². The lowest BCUT2D eigenvalue weighted by Gasteiger charge is -2.11. The summed E-state index contributed by atoms with van der Waals surface area (Å²) in [5.74, 6) is 0.292. The quantitative estimate of drug-likeness (QED) is 0.674. The van der Waals surface area contributed by atoms with Crippen molar-refractivity contribution in [2.75, 3.05) is 7.11 Å². The van der Waals surface area contributed by atoms with Crippen LogP contribution in [0.3, 0.4) is 0 Å². The predicted molar refractivity (Wildman–Crippen MR) is 60.2 cm³/mol. The maximum Gasteiger partial charge on any atom is 0.234 e. The average molecular weight is 224 g/mol. The highest BCUT2D eigenvalue weighted by Crippen LogP contribution is 2.23. The van der Waals surface area contributed by atoms with Crippen LogP contribution in [0, 0.1) is 0 Å².